The zero-order valence-electron chi connectivity index (χ0n) is 13.7. The van der Waals surface area contributed by atoms with Crippen molar-refractivity contribution in [2.45, 2.75) is 24.4 Å². The minimum absolute atomic E-state index is 0.223. The van der Waals surface area contributed by atoms with E-state index in [0.717, 1.165) is 16.6 Å². The molecule has 1 aliphatic rings. The maximum atomic E-state index is 12.1. The molecule has 0 aliphatic carbocycles. The maximum absolute atomic E-state index is 12.1. The van der Waals surface area contributed by atoms with Crippen LogP contribution in [0, 0.1) is 0 Å². The van der Waals surface area contributed by atoms with Gasteiger partial charge in [0.15, 0.2) is 0 Å². The molecule has 132 valence electrons. The lowest BCUT2D eigenvalue weighted by atomic mass is 9.95. The summed E-state index contributed by atoms with van der Waals surface area (Å²) in [6.45, 7) is 0.618. The van der Waals surface area contributed by atoms with Crippen LogP contribution in [0.1, 0.15) is 18.0 Å². The number of para-hydroxylation sites is 1. The quantitative estimate of drug-likeness (QED) is 0.381. The highest BCUT2D eigenvalue weighted by Crippen LogP contribution is 2.41. The van der Waals surface area contributed by atoms with Crippen LogP contribution < -0.4 is 0 Å². The molecule has 2 unspecified atom stereocenters. The molecule has 4 rings (SSSR count). The van der Waals surface area contributed by atoms with Crippen molar-refractivity contribution in [1.29, 1.82) is 0 Å². The SMILES string of the molecule is O=C1C(Cl)C(c2ccccc2Cl)N1/N=C/CCn1nnc2ccccc21. The van der Waals surface area contributed by atoms with Crippen LogP contribution in [0.2, 0.25) is 5.02 Å². The van der Waals surface area contributed by atoms with Gasteiger partial charge in [0.05, 0.1) is 5.52 Å². The van der Waals surface area contributed by atoms with Gasteiger partial charge in [-0.2, -0.15) is 5.10 Å². The van der Waals surface area contributed by atoms with Crippen LogP contribution in [0.4, 0.5) is 0 Å². The molecule has 1 aliphatic heterocycles. The standard InChI is InChI=1S/C18H15Cl2N5O/c19-13-7-2-1-6-12(13)17-16(20)18(26)25(17)21-10-5-11-24-15-9-4-3-8-14(15)22-23-24/h1-4,6-10,16-17H,5,11H2/b21-10+. The van der Waals surface area contributed by atoms with Crippen LogP contribution in [0.25, 0.3) is 11.0 Å². The molecular weight excluding hydrogens is 373 g/mol. The van der Waals surface area contributed by atoms with Crippen molar-refractivity contribution >= 4 is 46.4 Å². The minimum Gasteiger partial charge on any atom is -0.271 e. The normalized spacial score (nSPS) is 20.1. The summed E-state index contributed by atoms with van der Waals surface area (Å²) in [6.07, 6.45) is 2.31. The lowest BCUT2D eigenvalue weighted by Crippen LogP contribution is -2.53. The third-order valence-corrected chi connectivity index (χ3v) is 5.09. The highest BCUT2D eigenvalue weighted by molar-refractivity contribution is 6.35. The van der Waals surface area contributed by atoms with Crippen molar-refractivity contribution in [2.24, 2.45) is 5.10 Å². The van der Waals surface area contributed by atoms with E-state index in [-0.39, 0.29) is 11.9 Å². The Hall–Kier alpha value is -2.44. The van der Waals surface area contributed by atoms with Gasteiger partial charge in [-0.15, -0.1) is 16.7 Å². The van der Waals surface area contributed by atoms with Crippen LogP contribution >= 0.6 is 23.2 Å². The van der Waals surface area contributed by atoms with Gasteiger partial charge in [0.2, 0.25) is 0 Å². The predicted octanol–water partition coefficient (Wildman–Crippen LogP) is 3.65. The van der Waals surface area contributed by atoms with Crippen molar-refractivity contribution in [3.63, 3.8) is 0 Å². The summed E-state index contributed by atoms with van der Waals surface area (Å²) in [7, 11) is 0. The second-order valence-electron chi connectivity index (χ2n) is 5.94. The highest BCUT2D eigenvalue weighted by atomic mass is 35.5. The van der Waals surface area contributed by atoms with E-state index in [4.69, 9.17) is 23.2 Å². The summed E-state index contributed by atoms with van der Waals surface area (Å²) in [5.74, 6) is -0.223. The van der Waals surface area contributed by atoms with Gasteiger partial charge in [0.1, 0.15) is 16.9 Å². The molecule has 0 N–H and O–H groups in total. The Morgan fingerprint density at radius 1 is 1.15 bits per heavy atom. The molecule has 3 aromatic rings. The number of hydrogen-bond donors (Lipinski definition) is 0. The van der Waals surface area contributed by atoms with Crippen LogP contribution in [0.15, 0.2) is 53.6 Å². The second-order valence-corrected chi connectivity index (χ2v) is 6.82. The lowest BCUT2D eigenvalue weighted by Gasteiger charge is -2.40. The minimum atomic E-state index is -0.647. The molecule has 0 bridgehead atoms. The molecule has 0 radical (unpaired) electrons. The third kappa shape index (κ3) is 2.95. The first-order valence-electron chi connectivity index (χ1n) is 8.19. The van der Waals surface area contributed by atoms with Gasteiger partial charge in [-0.05, 0) is 23.8 Å². The maximum Gasteiger partial charge on any atom is 0.263 e. The summed E-state index contributed by atoms with van der Waals surface area (Å²) in [5, 5.41) is 13.9. The van der Waals surface area contributed by atoms with Gasteiger partial charge in [-0.1, -0.05) is 47.1 Å². The molecule has 1 amide bonds. The number of carbonyl (C=O) groups is 1. The molecule has 1 saturated heterocycles. The number of nitrogens with zero attached hydrogens (tertiary/aromatic N) is 5. The molecule has 0 saturated carbocycles. The van der Waals surface area contributed by atoms with Crippen LogP contribution in [-0.4, -0.2) is 37.5 Å². The molecule has 1 aromatic heterocycles. The first kappa shape index (κ1) is 17.0. The monoisotopic (exact) mass is 387 g/mol. The first-order valence-corrected chi connectivity index (χ1v) is 9.00. The van der Waals surface area contributed by atoms with Gasteiger partial charge in [-0.25, -0.2) is 9.69 Å². The van der Waals surface area contributed by atoms with Crippen molar-refractivity contribution in [1.82, 2.24) is 20.0 Å². The van der Waals surface area contributed by atoms with Crippen molar-refractivity contribution in [2.75, 3.05) is 0 Å². The number of benzene rings is 2. The van der Waals surface area contributed by atoms with Crippen LogP contribution in [0.3, 0.4) is 0 Å². The number of aromatic nitrogens is 3. The van der Waals surface area contributed by atoms with Gasteiger partial charge in [0.25, 0.3) is 5.91 Å². The van der Waals surface area contributed by atoms with Crippen molar-refractivity contribution in [3.05, 3.63) is 59.1 Å². The number of rotatable bonds is 5. The fourth-order valence-electron chi connectivity index (χ4n) is 2.98. The van der Waals surface area contributed by atoms with E-state index < -0.39 is 5.38 Å². The number of carbonyl (C=O) groups excluding carboxylic acids is 1. The Balaban J connectivity index is 1.44. The van der Waals surface area contributed by atoms with E-state index in [2.05, 4.69) is 15.4 Å². The number of aryl methyl sites for hydroxylation is 1. The lowest BCUT2D eigenvalue weighted by molar-refractivity contribution is -0.145. The summed E-state index contributed by atoms with van der Waals surface area (Å²) in [6, 6.07) is 14.8. The van der Waals surface area contributed by atoms with Crippen LogP contribution in [0.5, 0.6) is 0 Å². The number of β-lactam (4-membered cyclic amide) rings is 1. The second kappa shape index (κ2) is 7.05. The Labute approximate surface area is 160 Å². The average Bonchev–Trinajstić information content (AvgIpc) is 3.08. The Morgan fingerprint density at radius 2 is 1.92 bits per heavy atom. The molecule has 0 spiro atoms. The van der Waals surface area contributed by atoms with Crippen molar-refractivity contribution < 1.29 is 4.79 Å². The van der Waals surface area contributed by atoms with E-state index >= 15 is 0 Å². The average molecular weight is 388 g/mol. The molecule has 2 aromatic carbocycles. The van der Waals surface area contributed by atoms with E-state index in [1.165, 1.54) is 5.01 Å². The number of hydrazone groups is 1. The number of halogens is 2. The summed E-state index contributed by atoms with van der Waals surface area (Å²) in [5.41, 5.74) is 2.62. The fourth-order valence-corrected chi connectivity index (χ4v) is 3.57. The topological polar surface area (TPSA) is 63.4 Å². The molecule has 8 heteroatoms. The largest absolute Gasteiger partial charge is 0.271 e. The molecule has 26 heavy (non-hydrogen) atoms. The Kier molecular flexibility index (Phi) is 4.61. The van der Waals surface area contributed by atoms with E-state index in [9.17, 15) is 4.79 Å². The van der Waals surface area contributed by atoms with E-state index in [1.807, 2.05) is 47.1 Å². The molecule has 1 fully saturated rings. The number of amides is 1. The Morgan fingerprint density at radius 3 is 2.77 bits per heavy atom. The fraction of sp³-hybridized carbons (Fsp3) is 0.222. The van der Waals surface area contributed by atoms with E-state index in [1.54, 1.807) is 12.3 Å². The molecule has 6 nitrogen and oxygen atoms in total. The zero-order valence-corrected chi connectivity index (χ0v) is 15.2. The summed E-state index contributed by atoms with van der Waals surface area (Å²) >= 11 is 12.4. The van der Waals surface area contributed by atoms with Gasteiger partial charge in [0, 0.05) is 24.2 Å². The number of fused-ring (bicyclic) bond motifs is 1. The smallest absolute Gasteiger partial charge is 0.263 e. The number of alkyl halides is 1. The van der Waals surface area contributed by atoms with Gasteiger partial charge >= 0.3 is 0 Å². The summed E-state index contributed by atoms with van der Waals surface area (Å²) in [4.78, 5) is 12.1. The van der Waals surface area contributed by atoms with Gasteiger partial charge < -0.3 is 0 Å². The van der Waals surface area contributed by atoms with Gasteiger partial charge in [-0.3, -0.25) is 4.79 Å². The van der Waals surface area contributed by atoms with Crippen molar-refractivity contribution in [3.8, 4) is 0 Å². The first-order chi connectivity index (χ1) is 12.7. The summed E-state index contributed by atoms with van der Waals surface area (Å²) < 4.78 is 1.81. The molecular formula is C18H15Cl2N5O. The molecule has 2 heterocycles. The third-order valence-electron chi connectivity index (χ3n) is 4.32. The Bertz CT molecular complexity index is 986. The van der Waals surface area contributed by atoms with E-state index in [0.29, 0.717) is 18.0 Å². The predicted molar refractivity (Wildman–Crippen MR) is 101 cm³/mol. The zero-order chi connectivity index (χ0) is 18.1. The molecule has 2 atom stereocenters. The van der Waals surface area contributed by atoms with Crippen LogP contribution in [-0.2, 0) is 11.3 Å². The highest BCUT2D eigenvalue weighted by Gasteiger charge is 2.48. The number of hydrogen-bond acceptors (Lipinski definition) is 4.